The number of methoxy groups -OCH3 is 2. The van der Waals surface area contributed by atoms with E-state index >= 15 is 0 Å². The number of esters is 2. The fraction of sp³-hybridized carbons (Fsp3) is 0.467. The molecule has 14 heteroatoms. The first-order valence-corrected chi connectivity index (χ1v) is 8.93. The fourth-order valence-electron chi connectivity index (χ4n) is 1.96. The summed E-state index contributed by atoms with van der Waals surface area (Å²) in [6.45, 7) is -1.70. The quantitative estimate of drug-likeness (QED) is 0.482. The minimum Gasteiger partial charge on any atom is -0.465 e. The summed E-state index contributed by atoms with van der Waals surface area (Å²) in [5.74, 6) is -13.6. The van der Waals surface area contributed by atoms with Crippen LogP contribution in [-0.4, -0.2) is 51.7 Å². The molecule has 0 bridgehead atoms. The first-order chi connectivity index (χ1) is 13.0. The lowest BCUT2D eigenvalue weighted by molar-refractivity contribution is -0.271. The zero-order valence-corrected chi connectivity index (χ0v) is 15.9. The van der Waals surface area contributed by atoms with E-state index < -0.39 is 52.5 Å². The average Bonchev–Trinajstić information content (AvgIpc) is 2.63. The van der Waals surface area contributed by atoms with Crippen LogP contribution in [0, 0.1) is 0 Å². The van der Waals surface area contributed by atoms with Crippen LogP contribution in [0.3, 0.4) is 0 Å². The van der Waals surface area contributed by atoms with Gasteiger partial charge in [-0.15, -0.1) is 0 Å². The summed E-state index contributed by atoms with van der Waals surface area (Å²) in [4.78, 5) is 23.2. The van der Waals surface area contributed by atoms with Crippen molar-refractivity contribution in [1.29, 1.82) is 0 Å². The molecule has 0 saturated carbocycles. The Morgan fingerprint density at radius 2 is 1.34 bits per heavy atom. The monoisotopic (exact) mass is 451 g/mol. The maximum atomic E-state index is 13.7. The lowest BCUT2D eigenvalue weighted by Crippen LogP contribution is -2.59. The highest BCUT2D eigenvalue weighted by Crippen LogP contribution is 2.47. The zero-order chi connectivity index (χ0) is 22.8. The molecule has 1 aromatic carbocycles. The van der Waals surface area contributed by atoms with Crippen molar-refractivity contribution in [3.05, 3.63) is 34.9 Å². The number of alkyl halides is 6. The minimum atomic E-state index is -6.32. The molecule has 0 aliphatic heterocycles. The molecule has 0 unspecified atom stereocenters. The Morgan fingerprint density at radius 3 is 1.69 bits per heavy atom. The van der Waals surface area contributed by atoms with Gasteiger partial charge in [0, 0.05) is 13.5 Å². The molecule has 0 radical (unpaired) electrons. The van der Waals surface area contributed by atoms with Gasteiger partial charge in [-0.05, 0) is 23.8 Å². The van der Waals surface area contributed by atoms with Crippen LogP contribution in [0.15, 0.2) is 18.2 Å². The Hall–Kier alpha value is -2.35. The average molecular weight is 451 g/mol. The molecule has 0 aliphatic carbocycles. The third-order valence-corrected chi connectivity index (χ3v) is 5.01. The molecule has 1 N–H and O–H groups in total. The topological polar surface area (TPSA) is 98.8 Å². The molecular formula is C15H15F6NO6S. The highest BCUT2D eigenvalue weighted by molar-refractivity contribution is 7.90. The number of halogens is 6. The number of carbonyl (C=O) groups excluding carboxylic acids is 2. The van der Waals surface area contributed by atoms with Crippen LogP contribution in [0.1, 0.15) is 33.2 Å². The van der Waals surface area contributed by atoms with Gasteiger partial charge in [-0.25, -0.2) is 22.7 Å². The van der Waals surface area contributed by atoms with Gasteiger partial charge in [-0.3, -0.25) is 0 Å². The Labute approximate surface area is 161 Å². The highest BCUT2D eigenvalue weighted by atomic mass is 32.2. The Morgan fingerprint density at radius 1 is 0.931 bits per heavy atom. The summed E-state index contributed by atoms with van der Waals surface area (Å²) >= 11 is 0. The molecule has 1 aromatic rings. The maximum Gasteiger partial charge on any atom is 0.426 e. The van der Waals surface area contributed by atoms with Crippen molar-refractivity contribution in [3.63, 3.8) is 0 Å². The second kappa shape index (κ2) is 8.18. The summed E-state index contributed by atoms with van der Waals surface area (Å²) in [6, 6.07) is 2.80. The lowest BCUT2D eigenvalue weighted by atomic mass is 10.1. The van der Waals surface area contributed by atoms with E-state index in [1.165, 1.54) is 0 Å². The van der Waals surface area contributed by atoms with Crippen molar-refractivity contribution < 1.29 is 53.8 Å². The van der Waals surface area contributed by atoms with Crippen molar-refractivity contribution >= 4 is 22.0 Å². The lowest BCUT2D eigenvalue weighted by Gasteiger charge is -2.30. The van der Waals surface area contributed by atoms with Crippen LogP contribution < -0.4 is 4.72 Å². The van der Waals surface area contributed by atoms with E-state index in [1.807, 2.05) is 0 Å². The van der Waals surface area contributed by atoms with E-state index in [0.29, 0.717) is 0 Å². The third-order valence-electron chi connectivity index (χ3n) is 3.56. The van der Waals surface area contributed by atoms with E-state index in [1.54, 1.807) is 0 Å². The molecule has 164 valence electrons. The molecule has 0 amide bonds. The van der Waals surface area contributed by atoms with Gasteiger partial charge in [0.05, 0.1) is 25.3 Å². The molecule has 1 rings (SSSR count). The van der Waals surface area contributed by atoms with E-state index in [2.05, 4.69) is 9.47 Å². The van der Waals surface area contributed by atoms with Crippen molar-refractivity contribution in [2.45, 2.75) is 30.6 Å². The summed E-state index contributed by atoms with van der Waals surface area (Å²) in [5.41, 5.74) is -0.956. The van der Waals surface area contributed by atoms with Crippen LogP contribution >= 0.6 is 0 Å². The third kappa shape index (κ3) is 4.80. The fourth-order valence-corrected chi connectivity index (χ4v) is 3.01. The highest BCUT2D eigenvalue weighted by Gasteiger charge is 2.75. The van der Waals surface area contributed by atoms with Crippen LogP contribution in [0.5, 0.6) is 0 Å². The van der Waals surface area contributed by atoms with Gasteiger partial charge in [0.15, 0.2) is 0 Å². The Bertz CT molecular complexity index is 863. The van der Waals surface area contributed by atoms with Gasteiger partial charge in [0.1, 0.15) is 0 Å². The van der Waals surface area contributed by atoms with Crippen molar-refractivity contribution in [1.82, 2.24) is 4.72 Å². The summed E-state index contributed by atoms with van der Waals surface area (Å²) in [7, 11) is -4.37. The Balaban J connectivity index is 3.28. The number of benzene rings is 1. The molecule has 7 nitrogen and oxygen atoms in total. The smallest absolute Gasteiger partial charge is 0.426 e. The SMILES string of the molecule is COC(=O)c1cc(CNS(=O)(=O)C(F)(F)C(F)(F)C(C)(F)F)cc(C(=O)OC)c1. The molecule has 0 aliphatic rings. The number of carbonyl (C=O) groups is 2. The van der Waals surface area contributed by atoms with Gasteiger partial charge in [-0.1, -0.05) is 0 Å². The largest absolute Gasteiger partial charge is 0.465 e. The molecule has 0 heterocycles. The molecular weight excluding hydrogens is 436 g/mol. The normalized spacial score (nSPS) is 13.1. The van der Waals surface area contributed by atoms with Crippen LogP contribution in [0.2, 0.25) is 0 Å². The van der Waals surface area contributed by atoms with Gasteiger partial charge in [-0.2, -0.15) is 26.3 Å². The first-order valence-electron chi connectivity index (χ1n) is 7.45. The molecule has 0 spiro atoms. The van der Waals surface area contributed by atoms with Crippen LogP contribution in [0.25, 0.3) is 0 Å². The van der Waals surface area contributed by atoms with Crippen LogP contribution in [-0.2, 0) is 26.0 Å². The predicted octanol–water partition coefficient (Wildman–Crippen LogP) is 2.56. The minimum absolute atomic E-state index is 0.318. The van der Waals surface area contributed by atoms with E-state index in [0.717, 1.165) is 37.1 Å². The first kappa shape index (κ1) is 24.7. The van der Waals surface area contributed by atoms with E-state index in [-0.39, 0.29) is 16.7 Å². The molecule has 0 saturated heterocycles. The van der Waals surface area contributed by atoms with E-state index in [9.17, 15) is 44.3 Å². The predicted molar refractivity (Wildman–Crippen MR) is 85.4 cm³/mol. The zero-order valence-electron chi connectivity index (χ0n) is 15.1. The van der Waals surface area contributed by atoms with Gasteiger partial charge < -0.3 is 9.47 Å². The summed E-state index contributed by atoms with van der Waals surface area (Å²) in [6.07, 6.45) is 0. The maximum absolute atomic E-state index is 13.7. The van der Waals surface area contributed by atoms with Crippen molar-refractivity contribution in [3.8, 4) is 0 Å². The summed E-state index contributed by atoms with van der Waals surface area (Å²) < 4.78 is 113. The number of nitrogens with one attached hydrogen (secondary N) is 1. The number of ether oxygens (including phenoxy) is 2. The second-order valence-corrected chi connectivity index (χ2v) is 7.51. The van der Waals surface area contributed by atoms with Crippen LogP contribution in [0.4, 0.5) is 26.3 Å². The van der Waals surface area contributed by atoms with Crippen molar-refractivity contribution in [2.24, 2.45) is 0 Å². The number of sulfonamides is 1. The number of hydrogen-bond acceptors (Lipinski definition) is 6. The second-order valence-electron chi connectivity index (χ2n) is 5.71. The van der Waals surface area contributed by atoms with E-state index in [4.69, 9.17) is 0 Å². The standard InChI is InChI=1S/C15H15F6NO6S/c1-13(16,17)14(18,19)15(20,21)29(25,26)22-7-8-4-9(11(23)27-2)6-10(5-8)12(24)28-3/h4-6,22H,7H2,1-3H3. The van der Waals surface area contributed by atoms with Gasteiger partial charge >= 0.3 is 29.0 Å². The summed E-state index contributed by atoms with van der Waals surface area (Å²) in [5, 5.41) is -6.18. The van der Waals surface area contributed by atoms with Gasteiger partial charge in [0.2, 0.25) is 0 Å². The van der Waals surface area contributed by atoms with Crippen molar-refractivity contribution in [2.75, 3.05) is 14.2 Å². The number of hydrogen-bond donors (Lipinski definition) is 1. The molecule has 0 atom stereocenters. The van der Waals surface area contributed by atoms with Gasteiger partial charge in [0.25, 0.3) is 10.0 Å². The Kier molecular flexibility index (Phi) is 6.96. The molecule has 0 fully saturated rings. The molecule has 0 aromatic heterocycles. The number of rotatable bonds is 8. The molecule has 29 heavy (non-hydrogen) atoms.